The maximum absolute atomic E-state index is 12.1. The standard InChI is InChI=1S/C13H25N3O2/c1-4-6-11(17)15-10-7-5-8-16(9-10)12(18)13(2,3)14/h10H,4-9,14H2,1-3H3,(H,15,17). The zero-order chi connectivity index (χ0) is 13.8. The lowest BCUT2D eigenvalue weighted by Crippen LogP contribution is -2.57. The number of rotatable bonds is 4. The number of nitrogens with one attached hydrogen (secondary N) is 1. The molecule has 1 unspecified atom stereocenters. The highest BCUT2D eigenvalue weighted by atomic mass is 16.2. The summed E-state index contributed by atoms with van der Waals surface area (Å²) in [6.45, 7) is 6.73. The van der Waals surface area contributed by atoms with Gasteiger partial charge >= 0.3 is 0 Å². The largest absolute Gasteiger partial charge is 0.352 e. The van der Waals surface area contributed by atoms with Crippen LogP contribution in [0, 0.1) is 0 Å². The molecule has 0 aromatic rings. The first-order chi connectivity index (χ1) is 8.34. The fraction of sp³-hybridized carbons (Fsp3) is 0.846. The van der Waals surface area contributed by atoms with Crippen molar-refractivity contribution in [3.8, 4) is 0 Å². The highest BCUT2D eigenvalue weighted by Gasteiger charge is 2.31. The van der Waals surface area contributed by atoms with E-state index < -0.39 is 5.54 Å². The highest BCUT2D eigenvalue weighted by molar-refractivity contribution is 5.85. The predicted molar refractivity (Wildman–Crippen MR) is 70.9 cm³/mol. The van der Waals surface area contributed by atoms with Crippen LogP contribution in [0.4, 0.5) is 0 Å². The molecule has 2 amide bonds. The van der Waals surface area contributed by atoms with E-state index in [1.165, 1.54) is 0 Å². The molecule has 1 rings (SSSR count). The summed E-state index contributed by atoms with van der Waals surface area (Å²) in [5, 5.41) is 2.98. The van der Waals surface area contributed by atoms with Gasteiger partial charge in [0.15, 0.2) is 0 Å². The summed E-state index contributed by atoms with van der Waals surface area (Å²) in [7, 11) is 0. The first-order valence-electron chi connectivity index (χ1n) is 6.72. The predicted octanol–water partition coefficient (Wildman–Crippen LogP) is 0.631. The SMILES string of the molecule is CCCC(=O)NC1CCCN(C(=O)C(C)(C)N)C1. The number of likely N-dealkylation sites (tertiary alicyclic amines) is 1. The third-order valence-corrected chi connectivity index (χ3v) is 3.10. The van der Waals surface area contributed by atoms with E-state index in [2.05, 4.69) is 5.32 Å². The van der Waals surface area contributed by atoms with Crippen molar-refractivity contribution in [3.05, 3.63) is 0 Å². The second kappa shape index (κ2) is 6.18. The third kappa shape index (κ3) is 4.29. The molecule has 5 nitrogen and oxygen atoms in total. The number of carbonyl (C=O) groups excluding carboxylic acids is 2. The van der Waals surface area contributed by atoms with Crippen molar-refractivity contribution in [3.63, 3.8) is 0 Å². The molecule has 0 spiro atoms. The summed E-state index contributed by atoms with van der Waals surface area (Å²) >= 11 is 0. The van der Waals surface area contributed by atoms with E-state index in [4.69, 9.17) is 5.73 Å². The topological polar surface area (TPSA) is 75.4 Å². The van der Waals surface area contributed by atoms with Gasteiger partial charge in [0.2, 0.25) is 11.8 Å². The lowest BCUT2D eigenvalue weighted by Gasteiger charge is -2.36. The van der Waals surface area contributed by atoms with Crippen LogP contribution in [-0.4, -0.2) is 41.4 Å². The van der Waals surface area contributed by atoms with Crippen LogP contribution in [0.15, 0.2) is 0 Å². The lowest BCUT2D eigenvalue weighted by molar-refractivity contribution is -0.137. The normalized spacial score (nSPS) is 20.7. The average molecular weight is 255 g/mol. The van der Waals surface area contributed by atoms with Crippen molar-refractivity contribution in [2.24, 2.45) is 5.73 Å². The fourth-order valence-corrected chi connectivity index (χ4v) is 2.21. The zero-order valence-corrected chi connectivity index (χ0v) is 11.7. The van der Waals surface area contributed by atoms with E-state index in [0.717, 1.165) is 25.8 Å². The van der Waals surface area contributed by atoms with Gasteiger partial charge in [-0.05, 0) is 33.1 Å². The number of hydrogen-bond acceptors (Lipinski definition) is 3. The molecule has 1 aliphatic rings. The quantitative estimate of drug-likeness (QED) is 0.773. The average Bonchev–Trinajstić information content (AvgIpc) is 2.27. The highest BCUT2D eigenvalue weighted by Crippen LogP contribution is 2.14. The van der Waals surface area contributed by atoms with Gasteiger partial charge in [0.05, 0.1) is 5.54 Å². The molecule has 0 aliphatic carbocycles. The van der Waals surface area contributed by atoms with E-state index in [1.807, 2.05) is 6.92 Å². The van der Waals surface area contributed by atoms with Crippen molar-refractivity contribution in [2.75, 3.05) is 13.1 Å². The molecule has 18 heavy (non-hydrogen) atoms. The number of hydrogen-bond donors (Lipinski definition) is 2. The maximum Gasteiger partial charge on any atom is 0.242 e. The zero-order valence-electron chi connectivity index (χ0n) is 11.7. The Morgan fingerprint density at radius 3 is 2.67 bits per heavy atom. The number of carbonyl (C=O) groups is 2. The molecule has 3 N–H and O–H groups in total. The number of amides is 2. The summed E-state index contributed by atoms with van der Waals surface area (Å²) in [6, 6.07) is 0.0732. The van der Waals surface area contributed by atoms with Crippen LogP contribution >= 0.6 is 0 Å². The van der Waals surface area contributed by atoms with Gasteiger partial charge in [0.1, 0.15) is 0 Å². The van der Waals surface area contributed by atoms with E-state index >= 15 is 0 Å². The number of nitrogens with two attached hydrogens (primary N) is 1. The molecular formula is C13H25N3O2. The monoisotopic (exact) mass is 255 g/mol. The minimum atomic E-state index is -0.838. The molecule has 1 fully saturated rings. The first kappa shape index (κ1) is 15.0. The van der Waals surface area contributed by atoms with Crippen LogP contribution in [-0.2, 0) is 9.59 Å². The van der Waals surface area contributed by atoms with Gasteiger partial charge in [-0.25, -0.2) is 0 Å². The minimum Gasteiger partial charge on any atom is -0.352 e. The molecule has 0 bridgehead atoms. The molecule has 104 valence electrons. The van der Waals surface area contributed by atoms with Crippen molar-refractivity contribution >= 4 is 11.8 Å². The van der Waals surface area contributed by atoms with Crippen molar-refractivity contribution in [1.29, 1.82) is 0 Å². The van der Waals surface area contributed by atoms with Crippen LogP contribution in [0.3, 0.4) is 0 Å². The van der Waals surface area contributed by atoms with Gasteiger partial charge in [-0.3, -0.25) is 9.59 Å². The number of piperidine rings is 1. The van der Waals surface area contributed by atoms with E-state index in [0.29, 0.717) is 13.0 Å². The van der Waals surface area contributed by atoms with Crippen LogP contribution < -0.4 is 11.1 Å². The molecule has 0 saturated carbocycles. The minimum absolute atomic E-state index is 0.0445. The van der Waals surface area contributed by atoms with Crippen molar-refractivity contribution in [1.82, 2.24) is 10.2 Å². The Hall–Kier alpha value is -1.10. The second-order valence-corrected chi connectivity index (χ2v) is 5.63. The Morgan fingerprint density at radius 2 is 2.11 bits per heavy atom. The Bertz CT molecular complexity index is 310. The van der Waals surface area contributed by atoms with Crippen LogP contribution in [0.1, 0.15) is 46.5 Å². The molecule has 1 heterocycles. The number of nitrogens with zero attached hydrogens (tertiary/aromatic N) is 1. The van der Waals surface area contributed by atoms with Gasteiger partial charge in [-0.15, -0.1) is 0 Å². The van der Waals surface area contributed by atoms with E-state index in [9.17, 15) is 9.59 Å². The summed E-state index contributed by atoms with van der Waals surface area (Å²) in [5.74, 6) is 0.0285. The lowest BCUT2D eigenvalue weighted by atomic mass is 10.00. The molecule has 0 aromatic carbocycles. The third-order valence-electron chi connectivity index (χ3n) is 3.10. The molecule has 0 radical (unpaired) electrons. The maximum atomic E-state index is 12.1. The van der Waals surface area contributed by atoms with Gasteiger partial charge in [-0.2, -0.15) is 0 Å². The molecule has 1 atom stereocenters. The van der Waals surface area contributed by atoms with Crippen LogP contribution in [0.25, 0.3) is 0 Å². The first-order valence-corrected chi connectivity index (χ1v) is 6.72. The van der Waals surface area contributed by atoms with Crippen molar-refractivity contribution < 1.29 is 9.59 Å². The van der Waals surface area contributed by atoms with E-state index in [1.54, 1.807) is 18.7 Å². The molecule has 1 aliphatic heterocycles. The summed E-state index contributed by atoms with van der Waals surface area (Å²) in [4.78, 5) is 25.4. The van der Waals surface area contributed by atoms with Crippen LogP contribution in [0.5, 0.6) is 0 Å². The van der Waals surface area contributed by atoms with Gasteiger partial charge in [0.25, 0.3) is 0 Å². The van der Waals surface area contributed by atoms with E-state index in [-0.39, 0.29) is 17.9 Å². The van der Waals surface area contributed by atoms with Crippen molar-refractivity contribution in [2.45, 2.75) is 58.0 Å². The Morgan fingerprint density at radius 1 is 1.44 bits per heavy atom. The second-order valence-electron chi connectivity index (χ2n) is 5.63. The van der Waals surface area contributed by atoms with Crippen LogP contribution in [0.2, 0.25) is 0 Å². The fourth-order valence-electron chi connectivity index (χ4n) is 2.21. The Labute approximate surface area is 109 Å². The molecular weight excluding hydrogens is 230 g/mol. The molecule has 5 heteroatoms. The molecule has 0 aromatic heterocycles. The summed E-state index contributed by atoms with van der Waals surface area (Å²) in [6.07, 6.45) is 3.24. The Balaban J connectivity index is 2.51. The smallest absolute Gasteiger partial charge is 0.242 e. The van der Waals surface area contributed by atoms with Gasteiger partial charge < -0.3 is 16.0 Å². The van der Waals surface area contributed by atoms with Gasteiger partial charge in [0, 0.05) is 25.6 Å². The summed E-state index contributed by atoms with van der Waals surface area (Å²) in [5.41, 5.74) is 4.99. The Kier molecular flexibility index (Phi) is 5.14. The summed E-state index contributed by atoms with van der Waals surface area (Å²) < 4.78 is 0. The van der Waals surface area contributed by atoms with Gasteiger partial charge in [-0.1, -0.05) is 6.92 Å². The molecule has 1 saturated heterocycles.